The van der Waals surface area contributed by atoms with Crippen LogP contribution in [0.15, 0.2) is 11.6 Å². The summed E-state index contributed by atoms with van der Waals surface area (Å²) >= 11 is 0. The lowest BCUT2D eigenvalue weighted by molar-refractivity contribution is -0.137. The van der Waals surface area contributed by atoms with Crippen molar-refractivity contribution in [2.75, 3.05) is 6.54 Å². The van der Waals surface area contributed by atoms with E-state index in [0.717, 1.165) is 5.57 Å². The molecule has 0 saturated carbocycles. The predicted octanol–water partition coefficient (Wildman–Crippen LogP) is 2.88. The Morgan fingerprint density at radius 3 is 2.23 bits per heavy atom. The zero-order valence-corrected chi connectivity index (χ0v) is 8.20. The van der Waals surface area contributed by atoms with Crippen LogP contribution in [-0.2, 0) is 0 Å². The van der Waals surface area contributed by atoms with Gasteiger partial charge in [0.25, 0.3) is 0 Å². The highest BCUT2D eigenvalue weighted by molar-refractivity contribution is 5.01. The molecule has 1 nitrogen and oxygen atoms in total. The van der Waals surface area contributed by atoms with Crippen LogP contribution < -0.4 is 5.32 Å². The fourth-order valence-electron chi connectivity index (χ4n) is 1.10. The summed E-state index contributed by atoms with van der Waals surface area (Å²) in [7, 11) is 0. The molecule has 0 aliphatic carbocycles. The van der Waals surface area contributed by atoms with Crippen molar-refractivity contribution in [3.8, 4) is 0 Å². The standard InChI is InChI=1S/C9H16F3N/c1-4-13-8(5-7(2)3)6-9(10,11)12/h5,8,13H,4,6H2,1-3H3. The molecule has 0 bridgehead atoms. The molecule has 0 aliphatic heterocycles. The zero-order valence-electron chi connectivity index (χ0n) is 8.20. The third kappa shape index (κ3) is 7.84. The van der Waals surface area contributed by atoms with Crippen LogP contribution in [0.3, 0.4) is 0 Å². The quantitative estimate of drug-likeness (QED) is 0.680. The van der Waals surface area contributed by atoms with Crippen molar-refractivity contribution in [2.45, 2.75) is 39.4 Å². The van der Waals surface area contributed by atoms with Crippen LogP contribution in [0, 0.1) is 0 Å². The molecule has 1 unspecified atom stereocenters. The van der Waals surface area contributed by atoms with E-state index in [9.17, 15) is 13.2 Å². The molecule has 0 spiro atoms. The van der Waals surface area contributed by atoms with Gasteiger partial charge in [-0.2, -0.15) is 13.2 Å². The van der Waals surface area contributed by atoms with Gasteiger partial charge in [0.2, 0.25) is 0 Å². The van der Waals surface area contributed by atoms with Gasteiger partial charge in [-0.3, -0.25) is 0 Å². The Morgan fingerprint density at radius 2 is 1.92 bits per heavy atom. The highest BCUT2D eigenvalue weighted by atomic mass is 19.4. The molecule has 0 amide bonds. The molecule has 0 heterocycles. The summed E-state index contributed by atoms with van der Waals surface area (Å²) in [6, 6.07) is -0.588. The van der Waals surface area contributed by atoms with Crippen molar-refractivity contribution in [1.29, 1.82) is 0 Å². The second-order valence-electron chi connectivity index (χ2n) is 3.23. The van der Waals surface area contributed by atoms with Crippen molar-refractivity contribution in [3.63, 3.8) is 0 Å². The third-order valence-electron chi connectivity index (χ3n) is 1.45. The average Bonchev–Trinajstić information content (AvgIpc) is 1.81. The molecule has 0 fully saturated rings. The molecular weight excluding hydrogens is 179 g/mol. The van der Waals surface area contributed by atoms with Crippen LogP contribution in [0.4, 0.5) is 13.2 Å². The van der Waals surface area contributed by atoms with Crippen LogP contribution in [0.25, 0.3) is 0 Å². The molecule has 4 heteroatoms. The van der Waals surface area contributed by atoms with Gasteiger partial charge in [0, 0.05) is 6.04 Å². The van der Waals surface area contributed by atoms with Crippen LogP contribution in [0.5, 0.6) is 0 Å². The average molecular weight is 195 g/mol. The molecule has 0 aromatic heterocycles. The van der Waals surface area contributed by atoms with Gasteiger partial charge in [-0.1, -0.05) is 18.6 Å². The van der Waals surface area contributed by atoms with Crippen molar-refractivity contribution in [3.05, 3.63) is 11.6 Å². The van der Waals surface area contributed by atoms with E-state index in [2.05, 4.69) is 5.32 Å². The highest BCUT2D eigenvalue weighted by Gasteiger charge is 2.30. The second kappa shape index (κ2) is 5.27. The minimum atomic E-state index is -4.10. The fraction of sp³-hybridized carbons (Fsp3) is 0.778. The van der Waals surface area contributed by atoms with E-state index >= 15 is 0 Å². The van der Waals surface area contributed by atoms with Gasteiger partial charge in [0.15, 0.2) is 0 Å². The lowest BCUT2D eigenvalue weighted by Crippen LogP contribution is -2.32. The topological polar surface area (TPSA) is 12.0 Å². The Labute approximate surface area is 77.0 Å². The molecule has 0 radical (unpaired) electrons. The van der Waals surface area contributed by atoms with Crippen LogP contribution in [0.2, 0.25) is 0 Å². The number of hydrogen-bond acceptors (Lipinski definition) is 1. The van der Waals surface area contributed by atoms with E-state index in [1.165, 1.54) is 0 Å². The molecule has 0 rings (SSSR count). The normalized spacial score (nSPS) is 14.0. The maximum atomic E-state index is 12.0. The first-order valence-corrected chi connectivity index (χ1v) is 4.30. The lowest BCUT2D eigenvalue weighted by atomic mass is 10.1. The van der Waals surface area contributed by atoms with Gasteiger partial charge in [-0.05, 0) is 20.4 Å². The van der Waals surface area contributed by atoms with Crippen molar-refractivity contribution in [1.82, 2.24) is 5.32 Å². The molecule has 0 saturated heterocycles. The molecule has 1 atom stereocenters. The second-order valence-corrected chi connectivity index (χ2v) is 3.23. The summed E-state index contributed by atoms with van der Waals surface area (Å²) in [4.78, 5) is 0. The zero-order chi connectivity index (χ0) is 10.5. The number of nitrogens with one attached hydrogen (secondary N) is 1. The predicted molar refractivity (Wildman–Crippen MR) is 47.6 cm³/mol. The summed E-state index contributed by atoms with van der Waals surface area (Å²) in [6.07, 6.45) is -3.29. The summed E-state index contributed by atoms with van der Waals surface area (Å²) in [5.74, 6) is 0. The monoisotopic (exact) mass is 195 g/mol. The minimum absolute atomic E-state index is 0.546. The number of allylic oxidation sites excluding steroid dienone is 1. The minimum Gasteiger partial charge on any atom is -0.310 e. The lowest BCUT2D eigenvalue weighted by Gasteiger charge is -2.16. The maximum absolute atomic E-state index is 12.0. The van der Waals surface area contributed by atoms with Crippen LogP contribution in [0.1, 0.15) is 27.2 Å². The Balaban J connectivity index is 4.18. The number of rotatable bonds is 4. The van der Waals surface area contributed by atoms with E-state index < -0.39 is 18.6 Å². The van der Waals surface area contributed by atoms with Crippen molar-refractivity contribution >= 4 is 0 Å². The van der Waals surface area contributed by atoms with Gasteiger partial charge in [0.1, 0.15) is 0 Å². The first kappa shape index (κ1) is 12.5. The van der Waals surface area contributed by atoms with Gasteiger partial charge < -0.3 is 5.32 Å². The number of hydrogen-bond donors (Lipinski definition) is 1. The van der Waals surface area contributed by atoms with E-state index in [-0.39, 0.29) is 0 Å². The highest BCUT2D eigenvalue weighted by Crippen LogP contribution is 2.22. The molecule has 78 valence electrons. The summed E-state index contributed by atoms with van der Waals surface area (Å²) in [6.45, 7) is 5.92. The smallest absolute Gasteiger partial charge is 0.310 e. The largest absolute Gasteiger partial charge is 0.390 e. The Morgan fingerprint density at radius 1 is 1.38 bits per heavy atom. The molecule has 1 N–H and O–H groups in total. The maximum Gasteiger partial charge on any atom is 0.390 e. The van der Waals surface area contributed by atoms with Gasteiger partial charge in [-0.25, -0.2) is 0 Å². The Bertz CT molecular complexity index is 168. The van der Waals surface area contributed by atoms with Crippen molar-refractivity contribution in [2.24, 2.45) is 0 Å². The summed E-state index contributed by atoms with van der Waals surface area (Å²) in [5.41, 5.74) is 0.898. The number of halogens is 3. The first-order valence-electron chi connectivity index (χ1n) is 4.30. The molecule has 0 aromatic rings. The van der Waals surface area contributed by atoms with Gasteiger partial charge >= 0.3 is 6.18 Å². The van der Waals surface area contributed by atoms with Gasteiger partial charge in [-0.15, -0.1) is 0 Å². The van der Waals surface area contributed by atoms with Crippen LogP contribution >= 0.6 is 0 Å². The van der Waals surface area contributed by atoms with Gasteiger partial charge in [0.05, 0.1) is 6.42 Å². The Hall–Kier alpha value is -0.510. The van der Waals surface area contributed by atoms with Crippen LogP contribution in [-0.4, -0.2) is 18.8 Å². The van der Waals surface area contributed by atoms with Crippen molar-refractivity contribution < 1.29 is 13.2 Å². The van der Waals surface area contributed by atoms with E-state index in [1.807, 2.05) is 0 Å². The third-order valence-corrected chi connectivity index (χ3v) is 1.45. The summed E-state index contributed by atoms with van der Waals surface area (Å²) < 4.78 is 36.0. The van der Waals surface area contributed by atoms with E-state index in [1.54, 1.807) is 26.8 Å². The summed E-state index contributed by atoms with van der Waals surface area (Å²) in [5, 5.41) is 2.77. The Kier molecular flexibility index (Phi) is 5.06. The fourth-order valence-corrected chi connectivity index (χ4v) is 1.10. The molecule has 0 aromatic carbocycles. The van der Waals surface area contributed by atoms with E-state index in [4.69, 9.17) is 0 Å². The molecule has 13 heavy (non-hydrogen) atoms. The molecule has 0 aliphatic rings. The number of likely N-dealkylation sites (N-methyl/N-ethyl adjacent to an activating group) is 1. The first-order chi connectivity index (χ1) is 5.85. The number of alkyl halides is 3. The van der Waals surface area contributed by atoms with E-state index in [0.29, 0.717) is 6.54 Å². The molecular formula is C9H16F3N. The SMILES string of the molecule is CCNC(C=C(C)C)CC(F)(F)F.